The predicted octanol–water partition coefficient (Wildman–Crippen LogP) is 2.66. The lowest BCUT2D eigenvalue weighted by molar-refractivity contribution is 0.0343. The molecule has 17 heavy (non-hydrogen) atoms. The Hall–Kier alpha value is -1.55. The Bertz CT molecular complexity index is 386. The van der Waals surface area contributed by atoms with Crippen LogP contribution in [0.3, 0.4) is 0 Å². The van der Waals surface area contributed by atoms with E-state index < -0.39 is 0 Å². The molecule has 0 aliphatic carbocycles. The van der Waals surface area contributed by atoms with E-state index in [0.717, 1.165) is 36.4 Å². The standard InChI is InChI=1S/C13H19N3O/c1-15-11-6-5-10(9-14)12(8-11)16-13-4-2-3-7-17-13/h5-6,8-9,13-16H,2-4,7H2,1H3. The molecule has 3 N–H and O–H groups in total. The molecule has 1 aliphatic rings. The van der Waals surface area contributed by atoms with Crippen LogP contribution in [-0.2, 0) is 4.74 Å². The molecule has 1 atom stereocenters. The molecule has 4 heteroatoms. The van der Waals surface area contributed by atoms with Crippen molar-refractivity contribution in [1.29, 1.82) is 5.41 Å². The van der Waals surface area contributed by atoms with Crippen LogP contribution in [0.4, 0.5) is 11.4 Å². The van der Waals surface area contributed by atoms with Gasteiger partial charge in [0.1, 0.15) is 6.23 Å². The topological polar surface area (TPSA) is 57.1 Å². The third kappa shape index (κ3) is 2.97. The van der Waals surface area contributed by atoms with E-state index in [4.69, 9.17) is 10.1 Å². The van der Waals surface area contributed by atoms with Crippen molar-refractivity contribution in [1.82, 2.24) is 0 Å². The number of benzene rings is 1. The first-order valence-corrected chi connectivity index (χ1v) is 6.04. The zero-order chi connectivity index (χ0) is 12.1. The van der Waals surface area contributed by atoms with Gasteiger partial charge in [0.05, 0.1) is 0 Å². The van der Waals surface area contributed by atoms with E-state index in [9.17, 15) is 0 Å². The fraction of sp³-hybridized carbons (Fsp3) is 0.462. The summed E-state index contributed by atoms with van der Waals surface area (Å²) in [5.41, 5.74) is 2.88. The molecular formula is C13H19N3O. The van der Waals surface area contributed by atoms with Crippen LogP contribution in [0.25, 0.3) is 0 Å². The highest BCUT2D eigenvalue weighted by molar-refractivity contribution is 5.87. The number of anilines is 2. The van der Waals surface area contributed by atoms with Crippen LogP contribution in [0, 0.1) is 5.41 Å². The summed E-state index contributed by atoms with van der Waals surface area (Å²) in [5, 5.41) is 13.9. The van der Waals surface area contributed by atoms with Crippen molar-refractivity contribution >= 4 is 17.6 Å². The van der Waals surface area contributed by atoms with Crippen molar-refractivity contribution in [2.45, 2.75) is 25.5 Å². The molecule has 1 aliphatic heterocycles. The number of hydrogen-bond donors (Lipinski definition) is 3. The van der Waals surface area contributed by atoms with Crippen LogP contribution < -0.4 is 10.6 Å². The Labute approximate surface area is 102 Å². The molecule has 1 heterocycles. The summed E-state index contributed by atoms with van der Waals surface area (Å²) in [6.45, 7) is 0.823. The summed E-state index contributed by atoms with van der Waals surface area (Å²) in [4.78, 5) is 0. The van der Waals surface area contributed by atoms with Gasteiger partial charge in [0.2, 0.25) is 0 Å². The first kappa shape index (κ1) is 11.9. The smallest absolute Gasteiger partial charge is 0.127 e. The van der Waals surface area contributed by atoms with Crippen molar-refractivity contribution in [3.8, 4) is 0 Å². The van der Waals surface area contributed by atoms with E-state index in [-0.39, 0.29) is 6.23 Å². The molecule has 1 unspecified atom stereocenters. The van der Waals surface area contributed by atoms with E-state index in [1.54, 1.807) is 0 Å². The maximum Gasteiger partial charge on any atom is 0.127 e. The van der Waals surface area contributed by atoms with Crippen LogP contribution in [0.1, 0.15) is 24.8 Å². The van der Waals surface area contributed by atoms with Gasteiger partial charge in [-0.1, -0.05) is 0 Å². The predicted molar refractivity (Wildman–Crippen MR) is 71.1 cm³/mol. The molecule has 4 nitrogen and oxygen atoms in total. The number of nitrogens with one attached hydrogen (secondary N) is 3. The Kier molecular flexibility index (Phi) is 3.98. The van der Waals surface area contributed by atoms with Crippen LogP contribution in [0.15, 0.2) is 18.2 Å². The average molecular weight is 233 g/mol. The van der Waals surface area contributed by atoms with Crippen molar-refractivity contribution in [3.05, 3.63) is 23.8 Å². The van der Waals surface area contributed by atoms with Gasteiger partial charge in [-0.15, -0.1) is 0 Å². The van der Waals surface area contributed by atoms with Gasteiger partial charge in [0.25, 0.3) is 0 Å². The number of rotatable bonds is 4. The molecule has 0 aromatic heterocycles. The average Bonchev–Trinajstić information content (AvgIpc) is 2.40. The molecule has 1 fully saturated rings. The summed E-state index contributed by atoms with van der Waals surface area (Å²) >= 11 is 0. The number of ether oxygens (including phenoxy) is 1. The quantitative estimate of drug-likeness (QED) is 0.701. The summed E-state index contributed by atoms with van der Waals surface area (Å²) in [7, 11) is 1.89. The third-order valence-corrected chi connectivity index (χ3v) is 2.99. The highest BCUT2D eigenvalue weighted by Gasteiger charge is 2.14. The second-order valence-corrected chi connectivity index (χ2v) is 4.20. The molecule has 0 saturated carbocycles. The first-order valence-electron chi connectivity index (χ1n) is 6.04. The van der Waals surface area contributed by atoms with Gasteiger partial charge in [0.15, 0.2) is 0 Å². The van der Waals surface area contributed by atoms with E-state index >= 15 is 0 Å². The van der Waals surface area contributed by atoms with Crippen molar-refractivity contribution in [2.24, 2.45) is 0 Å². The van der Waals surface area contributed by atoms with Gasteiger partial charge in [-0.2, -0.15) is 0 Å². The zero-order valence-corrected chi connectivity index (χ0v) is 10.1. The summed E-state index contributed by atoms with van der Waals surface area (Å²) in [5.74, 6) is 0. The Morgan fingerprint density at radius 2 is 2.29 bits per heavy atom. The fourth-order valence-corrected chi connectivity index (χ4v) is 1.99. The Morgan fingerprint density at radius 1 is 1.41 bits per heavy atom. The Morgan fingerprint density at radius 3 is 2.94 bits per heavy atom. The zero-order valence-electron chi connectivity index (χ0n) is 10.1. The highest BCUT2D eigenvalue weighted by Crippen LogP contribution is 2.22. The summed E-state index contributed by atoms with van der Waals surface area (Å²) in [6, 6.07) is 5.91. The third-order valence-electron chi connectivity index (χ3n) is 2.99. The summed E-state index contributed by atoms with van der Waals surface area (Å²) in [6.07, 6.45) is 4.82. The van der Waals surface area contributed by atoms with Crippen LogP contribution in [0.2, 0.25) is 0 Å². The van der Waals surface area contributed by atoms with Gasteiger partial charge < -0.3 is 20.8 Å². The highest BCUT2D eigenvalue weighted by atomic mass is 16.5. The van der Waals surface area contributed by atoms with Crippen molar-refractivity contribution in [2.75, 3.05) is 24.3 Å². The second kappa shape index (κ2) is 5.68. The summed E-state index contributed by atoms with van der Waals surface area (Å²) < 4.78 is 5.65. The maximum atomic E-state index is 7.40. The van der Waals surface area contributed by atoms with Crippen molar-refractivity contribution in [3.63, 3.8) is 0 Å². The minimum atomic E-state index is 0.0783. The lowest BCUT2D eigenvalue weighted by atomic mass is 10.1. The molecule has 0 amide bonds. The second-order valence-electron chi connectivity index (χ2n) is 4.20. The van der Waals surface area contributed by atoms with Gasteiger partial charge in [-0.05, 0) is 37.5 Å². The monoisotopic (exact) mass is 233 g/mol. The lowest BCUT2D eigenvalue weighted by Crippen LogP contribution is -2.27. The fourth-order valence-electron chi connectivity index (χ4n) is 1.99. The molecule has 1 saturated heterocycles. The molecule has 1 aromatic rings. The molecule has 1 aromatic carbocycles. The van der Waals surface area contributed by atoms with Crippen LogP contribution in [0.5, 0.6) is 0 Å². The number of hydrogen-bond acceptors (Lipinski definition) is 4. The van der Waals surface area contributed by atoms with Crippen molar-refractivity contribution < 1.29 is 4.74 Å². The van der Waals surface area contributed by atoms with Crippen LogP contribution in [-0.4, -0.2) is 26.1 Å². The van der Waals surface area contributed by atoms with Crippen LogP contribution >= 0.6 is 0 Å². The van der Waals surface area contributed by atoms with E-state index in [0.29, 0.717) is 0 Å². The molecular weight excluding hydrogens is 214 g/mol. The first-order chi connectivity index (χ1) is 8.33. The van der Waals surface area contributed by atoms with E-state index in [2.05, 4.69) is 10.6 Å². The normalized spacial score (nSPS) is 19.7. The van der Waals surface area contributed by atoms with E-state index in [1.165, 1.54) is 12.6 Å². The lowest BCUT2D eigenvalue weighted by Gasteiger charge is -2.25. The minimum Gasteiger partial charge on any atom is -0.388 e. The van der Waals surface area contributed by atoms with Gasteiger partial charge >= 0.3 is 0 Å². The Balaban J connectivity index is 2.14. The SMILES string of the molecule is CNc1ccc(C=N)c(NC2CCCCO2)c1. The molecule has 2 rings (SSSR count). The molecule has 0 bridgehead atoms. The molecule has 0 spiro atoms. The minimum absolute atomic E-state index is 0.0783. The van der Waals surface area contributed by atoms with Gasteiger partial charge in [-0.25, -0.2) is 0 Å². The maximum absolute atomic E-state index is 7.40. The largest absolute Gasteiger partial charge is 0.388 e. The van der Waals surface area contributed by atoms with Gasteiger partial charge in [-0.3, -0.25) is 0 Å². The van der Waals surface area contributed by atoms with E-state index in [1.807, 2.05) is 25.2 Å². The molecule has 92 valence electrons. The molecule has 0 radical (unpaired) electrons. The van der Waals surface area contributed by atoms with Gasteiger partial charge in [0, 0.05) is 36.8 Å².